The Bertz CT molecular complexity index is 305. The monoisotopic (exact) mass is 193 g/mol. The van der Waals surface area contributed by atoms with Gasteiger partial charge in [-0.15, -0.1) is 0 Å². The molecule has 1 aromatic rings. The molecule has 1 aromatic carbocycles. The number of nitrogens with two attached hydrogens (primary N) is 1. The summed E-state index contributed by atoms with van der Waals surface area (Å²) in [5, 5.41) is 0. The van der Waals surface area contributed by atoms with Gasteiger partial charge in [0.05, 0.1) is 0 Å². The van der Waals surface area contributed by atoms with Crippen LogP contribution in [0.5, 0.6) is 0 Å². The Hall–Kier alpha value is -0.890. The SMILES string of the molecule is NC(c1cccc(F)c1)C1CCCC1. The van der Waals surface area contributed by atoms with Crippen LogP contribution in [0.2, 0.25) is 0 Å². The molecule has 1 aliphatic carbocycles. The van der Waals surface area contributed by atoms with Crippen LogP contribution in [0.3, 0.4) is 0 Å². The Morgan fingerprint density at radius 1 is 1.29 bits per heavy atom. The van der Waals surface area contributed by atoms with E-state index in [0.717, 1.165) is 5.56 Å². The third kappa shape index (κ3) is 1.95. The molecule has 14 heavy (non-hydrogen) atoms. The normalized spacial score (nSPS) is 19.9. The fourth-order valence-electron chi connectivity index (χ4n) is 2.30. The van der Waals surface area contributed by atoms with E-state index in [9.17, 15) is 4.39 Å². The molecule has 1 atom stereocenters. The van der Waals surface area contributed by atoms with Gasteiger partial charge < -0.3 is 5.73 Å². The lowest BCUT2D eigenvalue weighted by Gasteiger charge is -2.18. The molecular weight excluding hydrogens is 177 g/mol. The molecule has 2 N–H and O–H groups in total. The molecule has 1 nitrogen and oxygen atoms in total. The van der Waals surface area contributed by atoms with Crippen LogP contribution >= 0.6 is 0 Å². The van der Waals surface area contributed by atoms with Crippen molar-refractivity contribution in [1.82, 2.24) is 0 Å². The van der Waals surface area contributed by atoms with Gasteiger partial charge in [0.15, 0.2) is 0 Å². The van der Waals surface area contributed by atoms with Crippen molar-refractivity contribution in [3.05, 3.63) is 35.6 Å². The van der Waals surface area contributed by atoms with Gasteiger partial charge in [0.1, 0.15) is 5.82 Å². The van der Waals surface area contributed by atoms with Crippen LogP contribution in [0, 0.1) is 11.7 Å². The first kappa shape index (κ1) is 9.66. The fraction of sp³-hybridized carbons (Fsp3) is 0.500. The molecule has 1 fully saturated rings. The molecule has 0 amide bonds. The molecule has 0 bridgehead atoms. The van der Waals surface area contributed by atoms with Crippen LogP contribution in [0.1, 0.15) is 37.3 Å². The van der Waals surface area contributed by atoms with Crippen LogP contribution in [0.15, 0.2) is 24.3 Å². The maximum absolute atomic E-state index is 13.0. The third-order valence-electron chi connectivity index (χ3n) is 3.14. The fourth-order valence-corrected chi connectivity index (χ4v) is 2.30. The predicted molar refractivity (Wildman–Crippen MR) is 55.3 cm³/mol. The zero-order chi connectivity index (χ0) is 9.97. The second kappa shape index (κ2) is 4.09. The van der Waals surface area contributed by atoms with E-state index in [0.29, 0.717) is 5.92 Å². The van der Waals surface area contributed by atoms with Gasteiger partial charge in [-0.2, -0.15) is 0 Å². The van der Waals surface area contributed by atoms with Crippen molar-refractivity contribution >= 4 is 0 Å². The number of halogens is 1. The minimum atomic E-state index is -0.184. The summed E-state index contributed by atoms with van der Waals surface area (Å²) in [4.78, 5) is 0. The van der Waals surface area contributed by atoms with Crippen LogP contribution in [0.4, 0.5) is 4.39 Å². The van der Waals surface area contributed by atoms with Gasteiger partial charge in [0, 0.05) is 6.04 Å². The number of hydrogen-bond acceptors (Lipinski definition) is 1. The minimum absolute atomic E-state index is 0.0215. The zero-order valence-electron chi connectivity index (χ0n) is 8.25. The van der Waals surface area contributed by atoms with Gasteiger partial charge >= 0.3 is 0 Å². The molecule has 1 aliphatic rings. The third-order valence-corrected chi connectivity index (χ3v) is 3.14. The predicted octanol–water partition coefficient (Wildman–Crippen LogP) is 3.02. The summed E-state index contributed by atoms with van der Waals surface area (Å²) in [6, 6.07) is 6.70. The van der Waals surface area contributed by atoms with Crippen molar-refractivity contribution in [2.75, 3.05) is 0 Å². The van der Waals surface area contributed by atoms with Crippen molar-refractivity contribution < 1.29 is 4.39 Å². The molecule has 2 rings (SSSR count). The highest BCUT2D eigenvalue weighted by molar-refractivity contribution is 5.20. The maximum Gasteiger partial charge on any atom is 0.123 e. The van der Waals surface area contributed by atoms with Crippen LogP contribution in [-0.4, -0.2) is 0 Å². The van der Waals surface area contributed by atoms with Crippen molar-refractivity contribution in [3.63, 3.8) is 0 Å². The van der Waals surface area contributed by atoms with E-state index in [1.54, 1.807) is 12.1 Å². The lowest BCUT2D eigenvalue weighted by Crippen LogP contribution is -2.19. The van der Waals surface area contributed by atoms with Gasteiger partial charge in [-0.1, -0.05) is 25.0 Å². The number of benzene rings is 1. The molecule has 0 saturated heterocycles. The first-order valence-electron chi connectivity index (χ1n) is 5.28. The Morgan fingerprint density at radius 2 is 2.00 bits per heavy atom. The van der Waals surface area contributed by atoms with E-state index in [4.69, 9.17) is 5.73 Å². The summed E-state index contributed by atoms with van der Waals surface area (Å²) in [5.74, 6) is 0.368. The number of rotatable bonds is 2. The summed E-state index contributed by atoms with van der Waals surface area (Å²) >= 11 is 0. The summed E-state index contributed by atoms with van der Waals surface area (Å²) < 4.78 is 13.0. The second-order valence-electron chi connectivity index (χ2n) is 4.13. The van der Waals surface area contributed by atoms with Crippen LogP contribution in [-0.2, 0) is 0 Å². The summed E-state index contributed by atoms with van der Waals surface area (Å²) in [7, 11) is 0. The quantitative estimate of drug-likeness (QED) is 0.767. The van der Waals surface area contributed by atoms with Gasteiger partial charge in [-0.05, 0) is 36.5 Å². The van der Waals surface area contributed by atoms with Gasteiger partial charge in [-0.3, -0.25) is 0 Å². The van der Waals surface area contributed by atoms with E-state index < -0.39 is 0 Å². The molecule has 0 aromatic heterocycles. The molecule has 76 valence electrons. The van der Waals surface area contributed by atoms with Crippen LogP contribution in [0.25, 0.3) is 0 Å². The lowest BCUT2D eigenvalue weighted by molar-refractivity contribution is 0.443. The molecule has 2 heteroatoms. The molecule has 0 spiro atoms. The van der Waals surface area contributed by atoms with Gasteiger partial charge in [0.25, 0.3) is 0 Å². The van der Waals surface area contributed by atoms with Gasteiger partial charge in [0.2, 0.25) is 0 Å². The first-order valence-corrected chi connectivity index (χ1v) is 5.28. The van der Waals surface area contributed by atoms with E-state index in [1.807, 2.05) is 6.07 Å². The summed E-state index contributed by atoms with van der Waals surface area (Å²) in [6.45, 7) is 0. The minimum Gasteiger partial charge on any atom is -0.324 e. The average molecular weight is 193 g/mol. The van der Waals surface area contributed by atoms with E-state index in [-0.39, 0.29) is 11.9 Å². The maximum atomic E-state index is 13.0. The Kier molecular flexibility index (Phi) is 2.82. The first-order chi connectivity index (χ1) is 6.77. The largest absolute Gasteiger partial charge is 0.324 e. The average Bonchev–Trinajstić information content (AvgIpc) is 2.69. The topological polar surface area (TPSA) is 26.0 Å². The highest BCUT2D eigenvalue weighted by Gasteiger charge is 2.23. The Balaban J connectivity index is 2.13. The standard InChI is InChI=1S/C12H16FN/c13-11-7-3-6-10(8-11)12(14)9-4-1-2-5-9/h3,6-9,12H,1-2,4-5,14H2. The van der Waals surface area contributed by atoms with E-state index in [2.05, 4.69) is 0 Å². The van der Waals surface area contributed by atoms with E-state index in [1.165, 1.54) is 31.7 Å². The molecule has 1 unspecified atom stereocenters. The molecule has 0 aliphatic heterocycles. The van der Waals surface area contributed by atoms with E-state index >= 15 is 0 Å². The van der Waals surface area contributed by atoms with Crippen molar-refractivity contribution in [3.8, 4) is 0 Å². The molecule has 0 radical (unpaired) electrons. The molecular formula is C12H16FN. The van der Waals surface area contributed by atoms with Crippen molar-refractivity contribution in [2.45, 2.75) is 31.7 Å². The molecule has 0 heterocycles. The second-order valence-corrected chi connectivity index (χ2v) is 4.13. The Labute approximate surface area is 84.1 Å². The highest BCUT2D eigenvalue weighted by atomic mass is 19.1. The van der Waals surface area contributed by atoms with Crippen molar-refractivity contribution in [1.29, 1.82) is 0 Å². The summed E-state index contributed by atoms with van der Waals surface area (Å²) in [6.07, 6.45) is 4.93. The lowest BCUT2D eigenvalue weighted by atomic mass is 9.92. The summed E-state index contributed by atoms with van der Waals surface area (Å²) in [5.41, 5.74) is 7.04. The zero-order valence-corrected chi connectivity index (χ0v) is 8.25. The van der Waals surface area contributed by atoms with Crippen LogP contribution < -0.4 is 5.73 Å². The smallest absolute Gasteiger partial charge is 0.123 e. The molecule has 1 saturated carbocycles. The van der Waals surface area contributed by atoms with Gasteiger partial charge in [-0.25, -0.2) is 4.39 Å². The number of hydrogen-bond donors (Lipinski definition) is 1. The Morgan fingerprint density at radius 3 is 2.64 bits per heavy atom. The van der Waals surface area contributed by atoms with Crippen molar-refractivity contribution in [2.24, 2.45) is 11.7 Å². The highest BCUT2D eigenvalue weighted by Crippen LogP contribution is 2.34.